The summed E-state index contributed by atoms with van der Waals surface area (Å²) in [7, 11) is 0. The first-order chi connectivity index (χ1) is 7.99. The van der Waals surface area contributed by atoms with Gasteiger partial charge in [-0.2, -0.15) is 0 Å². The summed E-state index contributed by atoms with van der Waals surface area (Å²) in [5.74, 6) is -2.14. The second-order valence-corrected chi connectivity index (χ2v) is 3.86. The third-order valence-corrected chi connectivity index (χ3v) is 2.31. The molecule has 4 nitrogen and oxygen atoms in total. The van der Waals surface area contributed by atoms with E-state index in [0.717, 1.165) is 0 Å². The van der Waals surface area contributed by atoms with Crippen LogP contribution in [0.4, 0.5) is 0 Å². The van der Waals surface area contributed by atoms with Crippen molar-refractivity contribution in [3.05, 3.63) is 40.4 Å². The number of carboxylic acid groups (broad SMARTS) is 2. The quantitative estimate of drug-likeness (QED) is 0.792. The lowest BCUT2D eigenvalue weighted by Crippen LogP contribution is -2.04. The molecule has 0 radical (unpaired) electrons. The Morgan fingerprint density at radius 2 is 1.94 bits per heavy atom. The Labute approximate surface area is 103 Å². The number of carboxylic acids is 2. The van der Waals surface area contributed by atoms with Crippen LogP contribution in [-0.4, -0.2) is 22.2 Å². The first-order valence-corrected chi connectivity index (χ1v) is 5.28. The topological polar surface area (TPSA) is 74.6 Å². The van der Waals surface area contributed by atoms with Crippen LogP contribution in [0.25, 0.3) is 6.08 Å². The second kappa shape index (κ2) is 6.06. The van der Waals surface area contributed by atoms with Crippen molar-refractivity contribution in [3.8, 4) is 0 Å². The lowest BCUT2D eigenvalue weighted by Gasteiger charge is -2.01. The van der Waals surface area contributed by atoms with Crippen molar-refractivity contribution in [1.82, 2.24) is 0 Å². The first-order valence-electron chi connectivity index (χ1n) is 4.90. The van der Waals surface area contributed by atoms with Gasteiger partial charge in [-0.15, -0.1) is 0 Å². The Kier molecular flexibility index (Phi) is 4.72. The third-order valence-electron chi connectivity index (χ3n) is 2.07. The van der Waals surface area contributed by atoms with Gasteiger partial charge in [0.25, 0.3) is 0 Å². The zero-order valence-corrected chi connectivity index (χ0v) is 9.65. The average Bonchev–Trinajstić information content (AvgIpc) is 2.23. The third kappa shape index (κ3) is 4.70. The highest BCUT2D eigenvalue weighted by molar-refractivity contribution is 6.30. The molecule has 5 heteroatoms. The molecule has 0 fully saturated rings. The highest BCUT2D eigenvalue weighted by Crippen LogP contribution is 2.16. The predicted molar refractivity (Wildman–Crippen MR) is 63.9 cm³/mol. The smallest absolute Gasteiger partial charge is 0.331 e. The fourth-order valence-electron chi connectivity index (χ4n) is 1.28. The highest BCUT2D eigenvalue weighted by Gasteiger charge is 2.09. The fourth-order valence-corrected chi connectivity index (χ4v) is 1.48. The summed E-state index contributed by atoms with van der Waals surface area (Å²) in [6.07, 6.45) is 1.20. The number of hydrogen-bond acceptors (Lipinski definition) is 2. The van der Waals surface area contributed by atoms with Gasteiger partial charge in [-0.05, 0) is 30.2 Å². The molecule has 90 valence electrons. The number of hydrogen-bond donors (Lipinski definition) is 2. The largest absolute Gasteiger partial charge is 0.481 e. The standard InChI is InChI=1S/C12H11ClO4/c13-10-3-1-2-8(7-10)6-9(12(16)17)4-5-11(14)15/h1-3,6-7H,4-5H2,(H,14,15)(H,16,17)/b9-6+. The van der Waals surface area contributed by atoms with Crippen LogP contribution in [0.3, 0.4) is 0 Å². The normalized spacial score (nSPS) is 11.2. The Morgan fingerprint density at radius 3 is 2.47 bits per heavy atom. The molecular weight excluding hydrogens is 244 g/mol. The molecule has 0 unspecified atom stereocenters. The number of carbonyl (C=O) groups is 2. The second-order valence-electron chi connectivity index (χ2n) is 3.42. The maximum absolute atomic E-state index is 10.9. The van der Waals surface area contributed by atoms with E-state index < -0.39 is 11.9 Å². The predicted octanol–water partition coefficient (Wildman–Crippen LogP) is 2.67. The van der Waals surface area contributed by atoms with Crippen LogP contribution >= 0.6 is 11.6 Å². The van der Waals surface area contributed by atoms with E-state index in [2.05, 4.69) is 0 Å². The van der Waals surface area contributed by atoms with E-state index in [0.29, 0.717) is 10.6 Å². The minimum atomic E-state index is -1.12. The fraction of sp³-hybridized carbons (Fsp3) is 0.167. The Morgan fingerprint density at radius 1 is 1.24 bits per heavy atom. The molecule has 0 aromatic heterocycles. The number of rotatable bonds is 5. The molecule has 1 aromatic carbocycles. The Balaban J connectivity index is 2.90. The van der Waals surface area contributed by atoms with Crippen LogP contribution < -0.4 is 0 Å². The van der Waals surface area contributed by atoms with E-state index in [9.17, 15) is 9.59 Å². The van der Waals surface area contributed by atoms with Gasteiger partial charge in [0, 0.05) is 17.0 Å². The van der Waals surface area contributed by atoms with Crippen molar-refractivity contribution in [2.75, 3.05) is 0 Å². The Hall–Kier alpha value is -1.81. The average molecular weight is 255 g/mol. The summed E-state index contributed by atoms with van der Waals surface area (Å²) >= 11 is 5.76. The molecule has 0 spiro atoms. The summed E-state index contributed by atoms with van der Waals surface area (Å²) in [5.41, 5.74) is 0.690. The van der Waals surface area contributed by atoms with Gasteiger partial charge in [0.15, 0.2) is 0 Å². The molecule has 0 saturated carbocycles. The molecule has 0 aliphatic rings. The first kappa shape index (κ1) is 13.3. The SMILES string of the molecule is O=C(O)CC/C(=C\c1cccc(Cl)c1)C(=O)O. The van der Waals surface area contributed by atoms with Gasteiger partial charge >= 0.3 is 11.9 Å². The molecular formula is C12H11ClO4. The molecule has 2 N–H and O–H groups in total. The maximum atomic E-state index is 10.9. The van der Waals surface area contributed by atoms with Gasteiger partial charge in [0.2, 0.25) is 0 Å². The van der Waals surface area contributed by atoms with Crippen LogP contribution in [0.15, 0.2) is 29.8 Å². The van der Waals surface area contributed by atoms with Gasteiger partial charge in [0.1, 0.15) is 0 Å². The van der Waals surface area contributed by atoms with Crippen LogP contribution in [0.2, 0.25) is 5.02 Å². The van der Waals surface area contributed by atoms with Crippen LogP contribution in [0.1, 0.15) is 18.4 Å². The van der Waals surface area contributed by atoms with E-state index in [1.54, 1.807) is 24.3 Å². The van der Waals surface area contributed by atoms with E-state index in [4.69, 9.17) is 21.8 Å². The van der Waals surface area contributed by atoms with Gasteiger partial charge in [-0.25, -0.2) is 4.79 Å². The lowest BCUT2D eigenvalue weighted by atomic mass is 10.1. The highest BCUT2D eigenvalue weighted by atomic mass is 35.5. The summed E-state index contributed by atoms with van der Waals surface area (Å²) < 4.78 is 0. The molecule has 0 aliphatic carbocycles. The van der Waals surface area contributed by atoms with Crippen molar-refractivity contribution >= 4 is 29.6 Å². The summed E-state index contributed by atoms with van der Waals surface area (Å²) in [4.78, 5) is 21.3. The van der Waals surface area contributed by atoms with E-state index in [1.807, 2.05) is 0 Å². The number of aliphatic carboxylic acids is 2. The maximum Gasteiger partial charge on any atom is 0.331 e. The summed E-state index contributed by atoms with van der Waals surface area (Å²) in [5, 5.41) is 17.9. The zero-order valence-electron chi connectivity index (χ0n) is 8.89. The van der Waals surface area contributed by atoms with Crippen molar-refractivity contribution in [1.29, 1.82) is 0 Å². The summed E-state index contributed by atoms with van der Waals surface area (Å²) in [6, 6.07) is 6.70. The van der Waals surface area contributed by atoms with Gasteiger partial charge in [-0.3, -0.25) is 4.79 Å². The van der Waals surface area contributed by atoms with Crippen LogP contribution in [0.5, 0.6) is 0 Å². The van der Waals surface area contributed by atoms with E-state index >= 15 is 0 Å². The zero-order chi connectivity index (χ0) is 12.8. The van der Waals surface area contributed by atoms with Crippen molar-refractivity contribution in [2.24, 2.45) is 0 Å². The van der Waals surface area contributed by atoms with Gasteiger partial charge < -0.3 is 10.2 Å². The minimum absolute atomic E-state index is 0.0167. The lowest BCUT2D eigenvalue weighted by molar-refractivity contribution is -0.137. The van der Waals surface area contributed by atoms with Gasteiger partial charge in [0.05, 0.1) is 0 Å². The van der Waals surface area contributed by atoms with Crippen molar-refractivity contribution in [3.63, 3.8) is 0 Å². The molecule has 0 amide bonds. The van der Waals surface area contributed by atoms with Gasteiger partial charge in [-0.1, -0.05) is 23.7 Å². The summed E-state index contributed by atoms with van der Waals surface area (Å²) in [6.45, 7) is 0. The molecule has 1 aromatic rings. The Bertz CT molecular complexity index is 465. The number of halogens is 1. The minimum Gasteiger partial charge on any atom is -0.481 e. The molecule has 0 saturated heterocycles. The monoisotopic (exact) mass is 254 g/mol. The van der Waals surface area contributed by atoms with Crippen molar-refractivity contribution < 1.29 is 19.8 Å². The molecule has 1 rings (SSSR count). The molecule has 0 heterocycles. The number of benzene rings is 1. The van der Waals surface area contributed by atoms with Crippen molar-refractivity contribution in [2.45, 2.75) is 12.8 Å². The van der Waals surface area contributed by atoms with Crippen LogP contribution in [-0.2, 0) is 9.59 Å². The van der Waals surface area contributed by atoms with Crippen LogP contribution in [0, 0.1) is 0 Å². The molecule has 17 heavy (non-hydrogen) atoms. The molecule has 0 bridgehead atoms. The van der Waals surface area contributed by atoms with E-state index in [-0.39, 0.29) is 18.4 Å². The molecule has 0 aliphatic heterocycles. The molecule has 0 atom stereocenters. The van der Waals surface area contributed by atoms with E-state index in [1.165, 1.54) is 6.08 Å².